The summed E-state index contributed by atoms with van der Waals surface area (Å²) in [6, 6.07) is 16.8. The largest absolute Gasteiger partial charge is 0.361 e. The Labute approximate surface area is 191 Å². The van der Waals surface area contributed by atoms with Crippen molar-refractivity contribution in [3.8, 4) is 0 Å². The second kappa shape index (κ2) is 9.28. The zero-order valence-corrected chi connectivity index (χ0v) is 19.5. The first-order chi connectivity index (χ1) is 15.4. The van der Waals surface area contributed by atoms with Crippen LogP contribution in [0, 0.1) is 6.92 Å². The first-order valence-electron chi connectivity index (χ1n) is 10.4. The number of hydrogen-bond donors (Lipinski definition) is 3. The summed E-state index contributed by atoms with van der Waals surface area (Å²) in [7, 11) is -3.64. The highest BCUT2D eigenvalue weighted by atomic mass is 32.2. The Morgan fingerprint density at radius 2 is 1.94 bits per heavy atom. The Morgan fingerprint density at radius 1 is 1.12 bits per heavy atom. The fourth-order valence-electron chi connectivity index (χ4n) is 3.81. The van der Waals surface area contributed by atoms with Gasteiger partial charge in [-0.25, -0.2) is 13.1 Å². The number of hydrogen-bond acceptors (Lipinski definition) is 4. The first kappa shape index (κ1) is 22.3. The number of benzene rings is 2. The Hall–Kier alpha value is -2.94. The van der Waals surface area contributed by atoms with E-state index in [1.807, 2.05) is 35.8 Å². The van der Waals surface area contributed by atoms with Gasteiger partial charge < -0.3 is 10.3 Å². The maximum absolute atomic E-state index is 13.1. The van der Waals surface area contributed by atoms with Crippen molar-refractivity contribution in [1.29, 1.82) is 0 Å². The van der Waals surface area contributed by atoms with Gasteiger partial charge in [0.2, 0.25) is 10.0 Å². The second-order valence-corrected chi connectivity index (χ2v) is 10.3. The van der Waals surface area contributed by atoms with Crippen LogP contribution in [0.25, 0.3) is 10.9 Å². The summed E-state index contributed by atoms with van der Waals surface area (Å²) < 4.78 is 27.2. The van der Waals surface area contributed by atoms with Crippen molar-refractivity contribution in [3.63, 3.8) is 0 Å². The molecule has 8 heteroatoms. The van der Waals surface area contributed by atoms with Gasteiger partial charge >= 0.3 is 0 Å². The van der Waals surface area contributed by atoms with Gasteiger partial charge in [-0.1, -0.05) is 37.3 Å². The van der Waals surface area contributed by atoms with E-state index < -0.39 is 10.0 Å². The third kappa shape index (κ3) is 4.48. The summed E-state index contributed by atoms with van der Waals surface area (Å²) in [5.74, 6) is -0.318. The molecule has 4 aromatic rings. The summed E-state index contributed by atoms with van der Waals surface area (Å²) in [6.07, 6.45) is 2.00. The average molecular weight is 468 g/mol. The standard InChI is InChI=1S/C24H25N3O3S2/c1-3-27-32(29,30)17-11-10-16(2)19(13-17)24(28)26-15-21(23-9-6-12-31-23)20-14-25-22-8-5-4-7-18(20)22/h4-14,21,25,27H,3,15H2,1-2H3,(H,26,28). The highest BCUT2D eigenvalue weighted by Gasteiger charge is 2.22. The smallest absolute Gasteiger partial charge is 0.251 e. The molecule has 3 N–H and O–H groups in total. The minimum absolute atomic E-state index is 0.0240. The number of aromatic nitrogens is 1. The summed E-state index contributed by atoms with van der Waals surface area (Å²) in [4.78, 5) is 17.6. The Morgan fingerprint density at radius 3 is 2.69 bits per heavy atom. The van der Waals surface area contributed by atoms with Crippen LogP contribution in [-0.4, -0.2) is 32.4 Å². The van der Waals surface area contributed by atoms with Crippen LogP contribution in [0.1, 0.15) is 39.2 Å². The average Bonchev–Trinajstić information content (AvgIpc) is 3.45. The Bertz CT molecular complexity index is 1340. The molecule has 0 saturated heterocycles. The third-order valence-electron chi connectivity index (χ3n) is 5.45. The minimum atomic E-state index is -3.64. The number of nitrogens with one attached hydrogen (secondary N) is 3. The van der Waals surface area contributed by atoms with Crippen molar-refractivity contribution in [3.05, 3.63) is 87.7 Å². The van der Waals surface area contributed by atoms with Crippen LogP contribution in [0.5, 0.6) is 0 Å². The molecule has 0 fully saturated rings. The fraction of sp³-hybridized carbons (Fsp3) is 0.208. The molecule has 1 amide bonds. The van der Waals surface area contributed by atoms with Gasteiger partial charge in [-0.05, 0) is 47.7 Å². The fourth-order valence-corrected chi connectivity index (χ4v) is 5.72. The number of aryl methyl sites for hydroxylation is 1. The molecule has 0 aliphatic carbocycles. The predicted molar refractivity (Wildman–Crippen MR) is 129 cm³/mol. The molecular formula is C24H25N3O3S2. The molecule has 0 aliphatic heterocycles. The lowest BCUT2D eigenvalue weighted by Crippen LogP contribution is -2.30. The zero-order chi connectivity index (χ0) is 22.7. The molecule has 6 nitrogen and oxygen atoms in total. The van der Waals surface area contributed by atoms with Gasteiger partial charge in [-0.3, -0.25) is 4.79 Å². The number of carbonyl (C=O) groups is 1. The maximum Gasteiger partial charge on any atom is 0.251 e. The van der Waals surface area contributed by atoms with Crippen LogP contribution in [0.3, 0.4) is 0 Å². The van der Waals surface area contributed by atoms with Crippen molar-refractivity contribution in [1.82, 2.24) is 15.0 Å². The second-order valence-electron chi connectivity index (χ2n) is 7.55. The van der Waals surface area contributed by atoms with E-state index in [9.17, 15) is 13.2 Å². The highest BCUT2D eigenvalue weighted by Crippen LogP contribution is 2.33. The van der Waals surface area contributed by atoms with Gasteiger partial charge in [-0.2, -0.15) is 0 Å². The monoisotopic (exact) mass is 467 g/mol. The minimum Gasteiger partial charge on any atom is -0.361 e. The Kier molecular flexibility index (Phi) is 6.45. The Balaban J connectivity index is 1.61. The molecule has 1 unspecified atom stereocenters. The molecule has 2 aromatic heterocycles. The summed E-state index contributed by atoms with van der Waals surface area (Å²) >= 11 is 1.65. The number of sulfonamides is 1. The molecule has 32 heavy (non-hydrogen) atoms. The molecule has 0 aliphatic rings. The van der Waals surface area contributed by atoms with E-state index in [-0.39, 0.29) is 23.3 Å². The number of para-hydroxylation sites is 1. The predicted octanol–water partition coefficient (Wildman–Crippen LogP) is 4.40. The van der Waals surface area contributed by atoms with Gasteiger partial charge in [0, 0.05) is 46.5 Å². The lowest BCUT2D eigenvalue weighted by Gasteiger charge is -2.17. The van der Waals surface area contributed by atoms with Crippen LogP contribution >= 0.6 is 11.3 Å². The van der Waals surface area contributed by atoms with Gasteiger partial charge in [0.15, 0.2) is 0 Å². The normalized spacial score (nSPS) is 12.7. The van der Waals surface area contributed by atoms with Crippen molar-refractivity contribution in [2.24, 2.45) is 0 Å². The van der Waals surface area contributed by atoms with E-state index in [1.165, 1.54) is 12.1 Å². The quantitative estimate of drug-likeness (QED) is 0.359. The van der Waals surface area contributed by atoms with Crippen molar-refractivity contribution in [2.45, 2.75) is 24.7 Å². The topological polar surface area (TPSA) is 91.1 Å². The van der Waals surface area contributed by atoms with Crippen molar-refractivity contribution in [2.75, 3.05) is 13.1 Å². The van der Waals surface area contributed by atoms with Crippen molar-refractivity contribution < 1.29 is 13.2 Å². The molecule has 2 heterocycles. The zero-order valence-electron chi connectivity index (χ0n) is 17.9. The van der Waals surface area contributed by atoms with Crippen LogP contribution in [0.15, 0.2) is 71.1 Å². The summed E-state index contributed by atoms with van der Waals surface area (Å²) in [6.45, 7) is 4.19. The van der Waals surface area contributed by atoms with Crippen LogP contribution in [0.2, 0.25) is 0 Å². The van der Waals surface area contributed by atoms with E-state index in [1.54, 1.807) is 31.3 Å². The number of carbonyl (C=O) groups excluding carboxylic acids is 1. The molecule has 166 valence electrons. The molecule has 0 bridgehead atoms. The number of H-pyrrole nitrogens is 1. The van der Waals surface area contributed by atoms with E-state index in [0.29, 0.717) is 12.1 Å². The van der Waals surface area contributed by atoms with E-state index in [4.69, 9.17) is 0 Å². The molecular weight excluding hydrogens is 442 g/mol. The van der Waals surface area contributed by atoms with Crippen molar-refractivity contribution >= 4 is 38.2 Å². The summed E-state index contributed by atoms with van der Waals surface area (Å²) in [5, 5.41) is 6.18. The lowest BCUT2D eigenvalue weighted by molar-refractivity contribution is 0.0951. The van der Waals surface area contributed by atoms with E-state index in [2.05, 4.69) is 27.2 Å². The van der Waals surface area contributed by atoms with Gasteiger partial charge in [0.1, 0.15) is 0 Å². The maximum atomic E-state index is 13.1. The van der Waals surface area contributed by atoms with Crippen LogP contribution in [-0.2, 0) is 10.0 Å². The first-order valence-corrected chi connectivity index (χ1v) is 12.7. The van der Waals surface area contributed by atoms with E-state index in [0.717, 1.165) is 26.9 Å². The number of rotatable bonds is 8. The number of fused-ring (bicyclic) bond motifs is 1. The summed E-state index contributed by atoms with van der Waals surface area (Å²) in [5.41, 5.74) is 3.24. The number of amides is 1. The highest BCUT2D eigenvalue weighted by molar-refractivity contribution is 7.89. The van der Waals surface area contributed by atoms with Gasteiger partial charge in [0.05, 0.1) is 4.90 Å². The van der Waals surface area contributed by atoms with Crippen LogP contribution in [0.4, 0.5) is 0 Å². The van der Waals surface area contributed by atoms with Gasteiger partial charge in [-0.15, -0.1) is 11.3 Å². The third-order valence-corrected chi connectivity index (χ3v) is 7.98. The van der Waals surface area contributed by atoms with Gasteiger partial charge in [0.25, 0.3) is 5.91 Å². The molecule has 0 spiro atoms. The molecule has 4 rings (SSSR count). The molecule has 0 radical (unpaired) electrons. The number of thiophene rings is 1. The number of aromatic amines is 1. The molecule has 0 saturated carbocycles. The molecule has 1 atom stereocenters. The van der Waals surface area contributed by atoms with Crippen LogP contribution < -0.4 is 10.0 Å². The SMILES string of the molecule is CCNS(=O)(=O)c1ccc(C)c(C(=O)NCC(c2cccs2)c2c[nH]c3ccccc23)c1. The van der Waals surface area contributed by atoms with E-state index >= 15 is 0 Å². The molecule has 2 aromatic carbocycles. The lowest BCUT2D eigenvalue weighted by atomic mass is 9.96.